The zero-order valence-corrected chi connectivity index (χ0v) is 6.59. The van der Waals surface area contributed by atoms with E-state index in [4.69, 9.17) is 0 Å². The molecule has 10 heavy (non-hydrogen) atoms. The average molecular weight is 138 g/mol. The quantitative estimate of drug-likeness (QED) is 0.680. The van der Waals surface area contributed by atoms with Crippen molar-refractivity contribution < 1.29 is 0 Å². The van der Waals surface area contributed by atoms with Gasteiger partial charge in [-0.3, -0.25) is 0 Å². The third-order valence-electron chi connectivity index (χ3n) is 1.55. The third kappa shape index (κ3) is 2.21. The van der Waals surface area contributed by atoms with Crippen LogP contribution in [-0.4, -0.2) is 9.97 Å². The van der Waals surface area contributed by atoms with E-state index in [2.05, 4.69) is 23.8 Å². The van der Waals surface area contributed by atoms with Crippen LogP contribution in [0.1, 0.15) is 26.0 Å². The number of hydrogen-bond donors (Lipinski definition) is 1. The van der Waals surface area contributed by atoms with Crippen LogP contribution < -0.4 is 0 Å². The molecule has 0 amide bonds. The summed E-state index contributed by atoms with van der Waals surface area (Å²) in [5, 5.41) is 0. The molecule has 0 atom stereocenters. The van der Waals surface area contributed by atoms with Gasteiger partial charge in [0.05, 0.1) is 6.33 Å². The largest absolute Gasteiger partial charge is 0.348 e. The SMILES string of the molecule is CC(C)CCc1cnc[nH]1. The minimum atomic E-state index is 0.781. The Balaban J connectivity index is 2.28. The number of aromatic amines is 1. The van der Waals surface area contributed by atoms with Crippen LogP contribution in [-0.2, 0) is 6.42 Å². The van der Waals surface area contributed by atoms with Crippen molar-refractivity contribution >= 4 is 0 Å². The van der Waals surface area contributed by atoms with E-state index in [9.17, 15) is 0 Å². The first kappa shape index (κ1) is 7.32. The van der Waals surface area contributed by atoms with Crippen molar-refractivity contribution in [3.05, 3.63) is 18.2 Å². The maximum absolute atomic E-state index is 3.94. The lowest BCUT2D eigenvalue weighted by molar-refractivity contribution is 0.582. The number of nitrogens with zero attached hydrogens (tertiary/aromatic N) is 1. The first-order valence-corrected chi connectivity index (χ1v) is 3.76. The highest BCUT2D eigenvalue weighted by Gasteiger charge is 1.96. The van der Waals surface area contributed by atoms with Gasteiger partial charge in [-0.25, -0.2) is 4.98 Å². The van der Waals surface area contributed by atoms with Crippen molar-refractivity contribution in [2.75, 3.05) is 0 Å². The predicted molar refractivity (Wildman–Crippen MR) is 41.7 cm³/mol. The highest BCUT2D eigenvalue weighted by molar-refractivity contribution is 4.93. The molecule has 0 fully saturated rings. The molecule has 0 saturated carbocycles. The number of hydrogen-bond acceptors (Lipinski definition) is 1. The van der Waals surface area contributed by atoms with Crippen molar-refractivity contribution in [2.24, 2.45) is 5.92 Å². The summed E-state index contributed by atoms with van der Waals surface area (Å²) in [5.74, 6) is 0.781. The summed E-state index contributed by atoms with van der Waals surface area (Å²) in [6, 6.07) is 0. The Labute approximate surface area is 61.7 Å². The second kappa shape index (κ2) is 3.40. The Morgan fingerprint density at radius 1 is 1.60 bits per heavy atom. The van der Waals surface area contributed by atoms with E-state index < -0.39 is 0 Å². The number of H-pyrrole nitrogens is 1. The van der Waals surface area contributed by atoms with Crippen molar-refractivity contribution in [3.63, 3.8) is 0 Å². The van der Waals surface area contributed by atoms with Crippen LogP contribution >= 0.6 is 0 Å². The number of rotatable bonds is 3. The monoisotopic (exact) mass is 138 g/mol. The molecular formula is C8H14N2. The fourth-order valence-corrected chi connectivity index (χ4v) is 0.866. The minimum Gasteiger partial charge on any atom is -0.348 e. The Morgan fingerprint density at radius 3 is 2.90 bits per heavy atom. The summed E-state index contributed by atoms with van der Waals surface area (Å²) in [4.78, 5) is 7.03. The van der Waals surface area contributed by atoms with Gasteiger partial charge in [-0.2, -0.15) is 0 Å². The Hall–Kier alpha value is -0.790. The maximum Gasteiger partial charge on any atom is 0.0921 e. The Morgan fingerprint density at radius 2 is 2.40 bits per heavy atom. The summed E-state index contributed by atoms with van der Waals surface area (Å²) in [5.41, 5.74) is 1.24. The second-order valence-corrected chi connectivity index (χ2v) is 3.01. The molecule has 1 aromatic heterocycles. The average Bonchev–Trinajstić information content (AvgIpc) is 2.34. The van der Waals surface area contributed by atoms with Crippen LogP contribution in [0, 0.1) is 5.92 Å². The summed E-state index contributed by atoms with van der Waals surface area (Å²) in [6.45, 7) is 4.47. The first-order valence-electron chi connectivity index (χ1n) is 3.76. The third-order valence-corrected chi connectivity index (χ3v) is 1.55. The highest BCUT2D eigenvalue weighted by atomic mass is 14.9. The van der Waals surface area contributed by atoms with Gasteiger partial charge in [-0.1, -0.05) is 13.8 Å². The van der Waals surface area contributed by atoms with Crippen LogP contribution in [0.5, 0.6) is 0 Å². The Kier molecular flexibility index (Phi) is 2.49. The molecule has 56 valence electrons. The molecule has 0 aliphatic rings. The molecule has 1 aromatic rings. The van der Waals surface area contributed by atoms with E-state index in [1.54, 1.807) is 6.33 Å². The molecule has 0 spiro atoms. The van der Waals surface area contributed by atoms with Crippen LogP contribution in [0.4, 0.5) is 0 Å². The number of aryl methyl sites for hydroxylation is 1. The van der Waals surface area contributed by atoms with Gasteiger partial charge < -0.3 is 4.98 Å². The second-order valence-electron chi connectivity index (χ2n) is 3.01. The molecule has 0 radical (unpaired) electrons. The minimum absolute atomic E-state index is 0.781. The zero-order chi connectivity index (χ0) is 7.40. The lowest BCUT2D eigenvalue weighted by Crippen LogP contribution is -1.91. The van der Waals surface area contributed by atoms with Crippen LogP contribution in [0.15, 0.2) is 12.5 Å². The molecule has 1 rings (SSSR count). The van der Waals surface area contributed by atoms with Gasteiger partial charge in [0.25, 0.3) is 0 Å². The molecule has 2 heteroatoms. The van der Waals surface area contributed by atoms with Gasteiger partial charge in [0, 0.05) is 11.9 Å². The van der Waals surface area contributed by atoms with Gasteiger partial charge in [0.2, 0.25) is 0 Å². The highest BCUT2D eigenvalue weighted by Crippen LogP contribution is 2.04. The molecule has 0 unspecified atom stereocenters. The van der Waals surface area contributed by atoms with E-state index >= 15 is 0 Å². The smallest absolute Gasteiger partial charge is 0.0921 e. The van der Waals surface area contributed by atoms with Crippen molar-refractivity contribution in [1.82, 2.24) is 9.97 Å². The standard InChI is InChI=1S/C8H14N2/c1-7(2)3-4-8-5-9-6-10-8/h5-7H,3-4H2,1-2H3,(H,9,10). The lowest BCUT2D eigenvalue weighted by atomic mass is 10.1. The molecule has 0 aliphatic carbocycles. The van der Waals surface area contributed by atoms with Gasteiger partial charge in [0.1, 0.15) is 0 Å². The van der Waals surface area contributed by atoms with E-state index in [1.807, 2.05) is 6.20 Å². The van der Waals surface area contributed by atoms with Gasteiger partial charge in [-0.05, 0) is 18.8 Å². The van der Waals surface area contributed by atoms with E-state index in [-0.39, 0.29) is 0 Å². The molecule has 2 nitrogen and oxygen atoms in total. The number of imidazole rings is 1. The summed E-state index contributed by atoms with van der Waals surface area (Å²) < 4.78 is 0. The fraction of sp³-hybridized carbons (Fsp3) is 0.625. The Bertz CT molecular complexity index is 165. The van der Waals surface area contributed by atoms with Crippen molar-refractivity contribution in [3.8, 4) is 0 Å². The van der Waals surface area contributed by atoms with Crippen LogP contribution in [0.3, 0.4) is 0 Å². The number of aromatic nitrogens is 2. The van der Waals surface area contributed by atoms with Gasteiger partial charge in [0.15, 0.2) is 0 Å². The van der Waals surface area contributed by atoms with Gasteiger partial charge in [-0.15, -0.1) is 0 Å². The summed E-state index contributed by atoms with van der Waals surface area (Å²) in [7, 11) is 0. The summed E-state index contributed by atoms with van der Waals surface area (Å²) >= 11 is 0. The van der Waals surface area contributed by atoms with E-state index in [0.717, 1.165) is 12.3 Å². The lowest BCUT2D eigenvalue weighted by Gasteiger charge is -2.00. The van der Waals surface area contributed by atoms with E-state index in [0.29, 0.717) is 0 Å². The first-order chi connectivity index (χ1) is 4.79. The molecule has 1 heterocycles. The molecule has 0 aromatic carbocycles. The summed E-state index contributed by atoms with van der Waals surface area (Å²) in [6.07, 6.45) is 5.98. The van der Waals surface area contributed by atoms with Crippen molar-refractivity contribution in [1.29, 1.82) is 0 Å². The predicted octanol–water partition coefficient (Wildman–Crippen LogP) is 2.00. The van der Waals surface area contributed by atoms with Crippen LogP contribution in [0.2, 0.25) is 0 Å². The van der Waals surface area contributed by atoms with Gasteiger partial charge >= 0.3 is 0 Å². The van der Waals surface area contributed by atoms with E-state index in [1.165, 1.54) is 12.1 Å². The molecular weight excluding hydrogens is 124 g/mol. The fourth-order valence-electron chi connectivity index (χ4n) is 0.866. The van der Waals surface area contributed by atoms with Crippen LogP contribution in [0.25, 0.3) is 0 Å². The van der Waals surface area contributed by atoms with Crippen molar-refractivity contribution in [2.45, 2.75) is 26.7 Å². The molecule has 0 aliphatic heterocycles. The zero-order valence-electron chi connectivity index (χ0n) is 6.59. The maximum atomic E-state index is 3.94. The number of nitrogens with one attached hydrogen (secondary N) is 1. The molecule has 1 N–H and O–H groups in total. The molecule has 0 bridgehead atoms. The topological polar surface area (TPSA) is 28.7 Å². The normalized spacial score (nSPS) is 10.7. The molecule has 0 saturated heterocycles.